The first-order valence-electron chi connectivity index (χ1n) is 6.54. The zero-order valence-electron chi connectivity index (χ0n) is 11.2. The zero-order chi connectivity index (χ0) is 14.8. The quantitative estimate of drug-likeness (QED) is 0.804. The minimum Gasteiger partial charge on any atom is -0.326 e. The molecule has 0 unspecified atom stereocenters. The fraction of sp³-hybridized carbons (Fsp3) is 0.214. The first-order chi connectivity index (χ1) is 10.2. The lowest BCUT2D eigenvalue weighted by Gasteiger charge is -2.17. The molecule has 3 rings (SSSR count). The number of nitrogens with one attached hydrogen (secondary N) is 2. The number of hydrogen-bond donors (Lipinski definition) is 3. The average molecular weight is 302 g/mol. The first kappa shape index (κ1) is 13.7. The Balaban J connectivity index is 1.76. The number of carbonyl (C=O) groups excluding carboxylic acids is 2. The van der Waals surface area contributed by atoms with Gasteiger partial charge < -0.3 is 16.4 Å². The third-order valence-electron chi connectivity index (χ3n) is 3.22. The summed E-state index contributed by atoms with van der Waals surface area (Å²) in [7, 11) is 0. The molecule has 7 heteroatoms. The van der Waals surface area contributed by atoms with E-state index in [-0.39, 0.29) is 11.8 Å². The number of fused-ring (bicyclic) bond motifs is 1. The van der Waals surface area contributed by atoms with E-state index in [1.54, 1.807) is 17.5 Å². The summed E-state index contributed by atoms with van der Waals surface area (Å²) >= 11 is 1.37. The van der Waals surface area contributed by atoms with Crippen molar-refractivity contribution in [3.05, 3.63) is 39.8 Å². The van der Waals surface area contributed by atoms with E-state index in [1.807, 2.05) is 6.07 Å². The van der Waals surface area contributed by atoms with E-state index >= 15 is 0 Å². The van der Waals surface area contributed by atoms with Crippen LogP contribution in [-0.2, 0) is 17.8 Å². The standard InChI is InChI=1S/C14H14N4O2S/c15-6-13-18-11(7-21-13)14(20)16-9-2-3-10-8(5-9)1-4-12(19)17-10/h2-3,5,7H,1,4,6,15H2,(H,16,20)(H,17,19). The SMILES string of the molecule is NCc1nc(C(=O)Nc2ccc3c(c2)CCC(=O)N3)cs1. The second-order valence-electron chi connectivity index (χ2n) is 4.70. The normalized spacial score (nSPS) is 13.5. The van der Waals surface area contributed by atoms with Crippen LogP contribution < -0.4 is 16.4 Å². The number of thiazole rings is 1. The van der Waals surface area contributed by atoms with Gasteiger partial charge in [0.1, 0.15) is 10.7 Å². The van der Waals surface area contributed by atoms with Gasteiger partial charge in [-0.3, -0.25) is 9.59 Å². The number of benzene rings is 1. The largest absolute Gasteiger partial charge is 0.326 e. The van der Waals surface area contributed by atoms with Crippen LogP contribution in [-0.4, -0.2) is 16.8 Å². The van der Waals surface area contributed by atoms with Crippen molar-refractivity contribution in [3.8, 4) is 0 Å². The summed E-state index contributed by atoms with van der Waals surface area (Å²) in [6.45, 7) is 0.330. The van der Waals surface area contributed by atoms with Crippen molar-refractivity contribution in [2.45, 2.75) is 19.4 Å². The Kier molecular flexibility index (Phi) is 3.68. The first-order valence-corrected chi connectivity index (χ1v) is 7.42. The number of amides is 2. The van der Waals surface area contributed by atoms with Crippen LogP contribution in [0.15, 0.2) is 23.6 Å². The lowest BCUT2D eigenvalue weighted by atomic mass is 10.0. The van der Waals surface area contributed by atoms with E-state index in [0.717, 1.165) is 16.3 Å². The predicted molar refractivity (Wildman–Crippen MR) is 81.4 cm³/mol. The van der Waals surface area contributed by atoms with Crippen LogP contribution in [0.3, 0.4) is 0 Å². The van der Waals surface area contributed by atoms with Gasteiger partial charge in [-0.15, -0.1) is 11.3 Å². The van der Waals surface area contributed by atoms with Crippen molar-refractivity contribution in [2.24, 2.45) is 5.73 Å². The summed E-state index contributed by atoms with van der Waals surface area (Å²) < 4.78 is 0. The molecule has 0 atom stereocenters. The minimum absolute atomic E-state index is 0.0241. The van der Waals surface area contributed by atoms with Gasteiger partial charge in [0.25, 0.3) is 5.91 Å². The van der Waals surface area contributed by atoms with Crippen molar-refractivity contribution < 1.29 is 9.59 Å². The Morgan fingerprint density at radius 1 is 1.43 bits per heavy atom. The number of carbonyl (C=O) groups is 2. The zero-order valence-corrected chi connectivity index (χ0v) is 12.0. The maximum Gasteiger partial charge on any atom is 0.275 e. The summed E-state index contributed by atoms with van der Waals surface area (Å²) in [6, 6.07) is 5.44. The van der Waals surface area contributed by atoms with Crippen LogP contribution in [0.5, 0.6) is 0 Å². The molecule has 0 spiro atoms. The molecule has 1 aliphatic rings. The Morgan fingerprint density at radius 3 is 3.05 bits per heavy atom. The molecular weight excluding hydrogens is 288 g/mol. The maximum atomic E-state index is 12.1. The predicted octanol–water partition coefficient (Wildman–Crippen LogP) is 1.74. The molecule has 0 saturated heterocycles. The fourth-order valence-corrected chi connectivity index (χ4v) is 2.82. The Labute approximate surface area is 125 Å². The third kappa shape index (κ3) is 2.93. The molecule has 21 heavy (non-hydrogen) atoms. The molecule has 108 valence electrons. The van der Waals surface area contributed by atoms with Gasteiger partial charge in [-0.1, -0.05) is 0 Å². The number of anilines is 2. The van der Waals surface area contributed by atoms with Gasteiger partial charge in [-0.25, -0.2) is 4.98 Å². The van der Waals surface area contributed by atoms with E-state index in [2.05, 4.69) is 15.6 Å². The summed E-state index contributed by atoms with van der Waals surface area (Å²) in [5.74, 6) is -0.234. The molecule has 1 aromatic heterocycles. The van der Waals surface area contributed by atoms with E-state index in [0.29, 0.717) is 30.8 Å². The van der Waals surface area contributed by atoms with Crippen molar-refractivity contribution in [3.63, 3.8) is 0 Å². The molecule has 2 aromatic rings. The average Bonchev–Trinajstić information content (AvgIpc) is 2.96. The highest BCUT2D eigenvalue weighted by Crippen LogP contribution is 2.26. The molecule has 0 aliphatic carbocycles. The molecule has 1 aliphatic heterocycles. The highest BCUT2D eigenvalue weighted by atomic mass is 32.1. The Bertz CT molecular complexity index is 711. The summed E-state index contributed by atoms with van der Waals surface area (Å²) in [5, 5.41) is 8.04. The van der Waals surface area contributed by atoms with Crippen LogP contribution in [0.1, 0.15) is 27.5 Å². The maximum absolute atomic E-state index is 12.1. The van der Waals surface area contributed by atoms with Crippen LogP contribution in [0.4, 0.5) is 11.4 Å². The summed E-state index contributed by atoms with van der Waals surface area (Å²) in [5.41, 5.74) is 8.37. The number of aryl methyl sites for hydroxylation is 1. The molecule has 0 radical (unpaired) electrons. The van der Waals surface area contributed by atoms with Gasteiger partial charge in [0.05, 0.1) is 0 Å². The number of rotatable bonds is 3. The molecule has 6 nitrogen and oxygen atoms in total. The second-order valence-corrected chi connectivity index (χ2v) is 5.65. The number of nitrogens with zero attached hydrogens (tertiary/aromatic N) is 1. The van der Waals surface area contributed by atoms with E-state index in [4.69, 9.17) is 5.73 Å². The molecule has 0 bridgehead atoms. The fourth-order valence-electron chi connectivity index (χ4n) is 2.17. The van der Waals surface area contributed by atoms with Crippen LogP contribution in [0.25, 0.3) is 0 Å². The number of aromatic nitrogens is 1. The lowest BCUT2D eigenvalue weighted by Crippen LogP contribution is -2.19. The van der Waals surface area contributed by atoms with Gasteiger partial charge >= 0.3 is 0 Å². The van der Waals surface area contributed by atoms with Gasteiger partial charge in [0, 0.05) is 29.7 Å². The van der Waals surface area contributed by atoms with Gasteiger partial charge in [-0.05, 0) is 30.2 Å². The van der Waals surface area contributed by atoms with Crippen molar-refractivity contribution in [1.82, 2.24) is 4.98 Å². The van der Waals surface area contributed by atoms with Crippen LogP contribution in [0.2, 0.25) is 0 Å². The Hall–Kier alpha value is -2.25. The number of nitrogens with two attached hydrogens (primary N) is 1. The van der Waals surface area contributed by atoms with Crippen molar-refractivity contribution >= 4 is 34.5 Å². The summed E-state index contributed by atoms with van der Waals surface area (Å²) in [6.07, 6.45) is 1.15. The van der Waals surface area contributed by atoms with Crippen molar-refractivity contribution in [2.75, 3.05) is 10.6 Å². The van der Waals surface area contributed by atoms with Gasteiger partial charge in [-0.2, -0.15) is 0 Å². The lowest BCUT2D eigenvalue weighted by molar-refractivity contribution is -0.116. The van der Waals surface area contributed by atoms with Crippen LogP contribution in [0, 0.1) is 0 Å². The van der Waals surface area contributed by atoms with E-state index in [9.17, 15) is 9.59 Å². The summed E-state index contributed by atoms with van der Waals surface area (Å²) in [4.78, 5) is 27.5. The molecule has 2 heterocycles. The molecule has 0 fully saturated rings. The topological polar surface area (TPSA) is 97.1 Å². The number of hydrogen-bond acceptors (Lipinski definition) is 5. The monoisotopic (exact) mass is 302 g/mol. The van der Waals surface area contributed by atoms with E-state index in [1.165, 1.54) is 11.3 Å². The highest BCUT2D eigenvalue weighted by Gasteiger charge is 2.16. The van der Waals surface area contributed by atoms with Gasteiger partial charge in [0.2, 0.25) is 5.91 Å². The third-order valence-corrected chi connectivity index (χ3v) is 4.09. The van der Waals surface area contributed by atoms with E-state index < -0.39 is 0 Å². The Morgan fingerprint density at radius 2 is 2.29 bits per heavy atom. The smallest absolute Gasteiger partial charge is 0.275 e. The minimum atomic E-state index is -0.259. The molecule has 0 saturated carbocycles. The highest BCUT2D eigenvalue weighted by molar-refractivity contribution is 7.09. The molecule has 4 N–H and O–H groups in total. The van der Waals surface area contributed by atoms with Gasteiger partial charge in [0.15, 0.2) is 0 Å². The molecule has 2 amide bonds. The van der Waals surface area contributed by atoms with Crippen molar-refractivity contribution in [1.29, 1.82) is 0 Å². The second kappa shape index (κ2) is 5.63. The molecule has 1 aromatic carbocycles. The van der Waals surface area contributed by atoms with Crippen LogP contribution >= 0.6 is 11.3 Å². The molecular formula is C14H14N4O2S.